The highest BCUT2D eigenvalue weighted by Gasteiger charge is 2.30. The van der Waals surface area contributed by atoms with Gasteiger partial charge in [-0.15, -0.1) is 11.8 Å². The second-order valence-corrected chi connectivity index (χ2v) is 10.4. The number of hydrogen-bond donors (Lipinski definition) is 1. The quantitative estimate of drug-likeness (QED) is 0.188. The van der Waals surface area contributed by atoms with Crippen LogP contribution < -0.4 is 0 Å². The van der Waals surface area contributed by atoms with Gasteiger partial charge in [-0.05, 0) is 37.0 Å². The van der Waals surface area contributed by atoms with E-state index in [0.29, 0.717) is 12.8 Å². The molecule has 1 aromatic carbocycles. The van der Waals surface area contributed by atoms with Crippen LogP contribution in [0.5, 0.6) is 0 Å². The van der Waals surface area contributed by atoms with E-state index in [2.05, 4.69) is 6.08 Å². The predicted octanol–water partition coefficient (Wildman–Crippen LogP) is 6.31. The average molecular weight is 489 g/mol. The number of methoxy groups -OCH3 is 1. The maximum Gasteiger partial charge on any atom is 0.310 e. The van der Waals surface area contributed by atoms with Crippen LogP contribution in [0.4, 0.5) is 0 Å². The topological polar surface area (TPSA) is 72.8 Å². The number of carbonyl (C=O) groups excluding carboxylic acids is 2. The number of benzene rings is 1. The van der Waals surface area contributed by atoms with Gasteiger partial charge in [0, 0.05) is 35.5 Å². The lowest BCUT2D eigenvalue weighted by Crippen LogP contribution is -2.32. The van der Waals surface area contributed by atoms with Crippen LogP contribution in [0.25, 0.3) is 0 Å². The van der Waals surface area contributed by atoms with Crippen molar-refractivity contribution in [1.29, 1.82) is 0 Å². The number of rotatable bonds is 14. The van der Waals surface area contributed by atoms with Crippen molar-refractivity contribution in [3.05, 3.63) is 58.7 Å². The highest BCUT2D eigenvalue weighted by Crippen LogP contribution is 2.42. The fourth-order valence-electron chi connectivity index (χ4n) is 3.96. The molecule has 6 heteroatoms. The largest absolute Gasteiger partial charge is 0.469 e. The molecule has 1 N–H and O–H groups in total. The molecule has 0 bridgehead atoms. The zero-order valence-electron chi connectivity index (χ0n) is 21.0. The maximum atomic E-state index is 12.1. The Kier molecular flexibility index (Phi) is 11.9. The smallest absolute Gasteiger partial charge is 0.310 e. The third kappa shape index (κ3) is 8.62. The predicted molar refractivity (Wildman–Crippen MR) is 138 cm³/mol. The molecule has 2 rings (SSSR count). The summed E-state index contributed by atoms with van der Waals surface area (Å²) in [5.74, 6) is 1.46. The van der Waals surface area contributed by atoms with Crippen molar-refractivity contribution in [3.8, 4) is 0 Å². The standard InChI is InChI=1S/C28H40O5S/c1-5-12-26(31)33-23-18-16-21(27(23)34-20-11-7-10-15-25(30)32-4)17-19-24(29)28(2,3)22-13-8-6-9-14-22/h6,8-9,13-14,17,19,21,24,29H,5,7,10-12,15-16,18,20H2,1-4H3/b19-17+. The molecule has 2 atom stereocenters. The van der Waals surface area contributed by atoms with Gasteiger partial charge in [0.05, 0.1) is 13.2 Å². The summed E-state index contributed by atoms with van der Waals surface area (Å²) in [5, 5.41) is 11.0. The van der Waals surface area contributed by atoms with E-state index in [0.717, 1.165) is 60.5 Å². The molecule has 0 amide bonds. The summed E-state index contributed by atoms with van der Waals surface area (Å²) in [6.07, 6.45) is 9.30. The summed E-state index contributed by atoms with van der Waals surface area (Å²) in [6, 6.07) is 10.0. The Bertz CT molecular complexity index is 844. The number of unbranched alkanes of at least 4 members (excludes halogenated alkanes) is 2. The molecule has 0 saturated carbocycles. The first-order valence-electron chi connectivity index (χ1n) is 12.3. The SMILES string of the molecule is CCCC(=O)OC1=C(SCCCCCC(=O)OC)C(/C=C/C(O)C(C)(C)c2ccccc2)CC1. The van der Waals surface area contributed by atoms with Gasteiger partial charge in [0.1, 0.15) is 5.76 Å². The molecule has 1 aromatic rings. The number of esters is 2. The Hall–Kier alpha value is -2.05. The summed E-state index contributed by atoms with van der Waals surface area (Å²) in [4.78, 5) is 24.5. The lowest BCUT2D eigenvalue weighted by molar-refractivity contribution is -0.141. The van der Waals surface area contributed by atoms with Gasteiger partial charge in [0.25, 0.3) is 0 Å². The highest BCUT2D eigenvalue weighted by molar-refractivity contribution is 8.03. The summed E-state index contributed by atoms with van der Waals surface area (Å²) < 4.78 is 10.4. The van der Waals surface area contributed by atoms with E-state index in [1.165, 1.54) is 7.11 Å². The third-order valence-electron chi connectivity index (χ3n) is 6.28. The Labute approximate surface area is 209 Å². The average Bonchev–Trinajstić information content (AvgIpc) is 3.20. The third-order valence-corrected chi connectivity index (χ3v) is 7.61. The normalized spacial score (nSPS) is 17.3. The highest BCUT2D eigenvalue weighted by atomic mass is 32.2. The van der Waals surface area contributed by atoms with Gasteiger partial charge in [-0.25, -0.2) is 0 Å². The van der Waals surface area contributed by atoms with E-state index in [1.807, 2.05) is 57.2 Å². The Balaban J connectivity index is 2.04. The molecule has 34 heavy (non-hydrogen) atoms. The van der Waals surface area contributed by atoms with E-state index < -0.39 is 11.5 Å². The molecular formula is C28H40O5S. The van der Waals surface area contributed by atoms with Crippen LogP contribution in [-0.4, -0.2) is 36.0 Å². The van der Waals surface area contributed by atoms with E-state index in [9.17, 15) is 14.7 Å². The Morgan fingerprint density at radius 2 is 1.88 bits per heavy atom. The van der Waals surface area contributed by atoms with Crippen LogP contribution in [0.2, 0.25) is 0 Å². The number of aliphatic hydroxyl groups excluding tert-OH is 1. The monoisotopic (exact) mass is 488 g/mol. The van der Waals surface area contributed by atoms with Gasteiger partial charge in [-0.1, -0.05) is 69.7 Å². The minimum atomic E-state index is -0.633. The molecule has 0 aliphatic heterocycles. The molecule has 0 saturated heterocycles. The molecule has 0 fully saturated rings. The zero-order valence-corrected chi connectivity index (χ0v) is 21.9. The molecule has 5 nitrogen and oxygen atoms in total. The van der Waals surface area contributed by atoms with Crippen LogP contribution in [0, 0.1) is 5.92 Å². The van der Waals surface area contributed by atoms with Gasteiger partial charge in [-0.3, -0.25) is 9.59 Å². The second-order valence-electron chi connectivity index (χ2n) is 9.31. The van der Waals surface area contributed by atoms with E-state index in [-0.39, 0.29) is 17.9 Å². The van der Waals surface area contributed by atoms with Gasteiger partial charge in [0.15, 0.2) is 0 Å². The van der Waals surface area contributed by atoms with Gasteiger partial charge in [0.2, 0.25) is 0 Å². The number of thioether (sulfide) groups is 1. The molecule has 2 unspecified atom stereocenters. The molecular weight excluding hydrogens is 448 g/mol. The van der Waals surface area contributed by atoms with Crippen LogP contribution in [0.15, 0.2) is 53.1 Å². The number of ether oxygens (including phenoxy) is 2. The Morgan fingerprint density at radius 1 is 1.15 bits per heavy atom. The van der Waals surface area contributed by atoms with Crippen molar-refractivity contribution in [3.63, 3.8) is 0 Å². The van der Waals surface area contributed by atoms with Crippen LogP contribution in [0.1, 0.15) is 77.7 Å². The zero-order chi connectivity index (χ0) is 25.0. The summed E-state index contributed by atoms with van der Waals surface area (Å²) in [7, 11) is 1.41. The fourth-order valence-corrected chi connectivity index (χ4v) is 5.25. The van der Waals surface area contributed by atoms with E-state index >= 15 is 0 Å². The first kappa shape index (κ1) is 28.2. The molecule has 0 spiro atoms. The summed E-state index contributed by atoms with van der Waals surface area (Å²) in [5.41, 5.74) is 0.675. The van der Waals surface area contributed by atoms with Gasteiger partial charge < -0.3 is 14.6 Å². The van der Waals surface area contributed by atoms with Gasteiger partial charge >= 0.3 is 11.9 Å². The van der Waals surface area contributed by atoms with Crippen molar-refractivity contribution in [2.75, 3.05) is 12.9 Å². The minimum Gasteiger partial charge on any atom is -0.469 e. The Morgan fingerprint density at radius 3 is 2.56 bits per heavy atom. The van der Waals surface area contributed by atoms with Crippen molar-refractivity contribution >= 4 is 23.7 Å². The fraction of sp³-hybridized carbons (Fsp3) is 0.571. The lowest BCUT2D eigenvalue weighted by Gasteiger charge is -2.29. The molecule has 1 aliphatic rings. The second kappa shape index (κ2) is 14.4. The van der Waals surface area contributed by atoms with Crippen molar-refractivity contribution in [2.24, 2.45) is 5.92 Å². The van der Waals surface area contributed by atoms with E-state index in [1.54, 1.807) is 11.8 Å². The lowest BCUT2D eigenvalue weighted by atomic mass is 9.79. The van der Waals surface area contributed by atoms with Crippen molar-refractivity contribution in [2.45, 2.75) is 83.7 Å². The maximum absolute atomic E-state index is 12.1. The number of carbonyl (C=O) groups is 2. The van der Waals surface area contributed by atoms with E-state index in [4.69, 9.17) is 9.47 Å². The number of aliphatic hydroxyl groups is 1. The number of hydrogen-bond acceptors (Lipinski definition) is 6. The summed E-state index contributed by atoms with van der Waals surface area (Å²) >= 11 is 1.73. The minimum absolute atomic E-state index is 0.130. The van der Waals surface area contributed by atoms with Crippen LogP contribution >= 0.6 is 11.8 Å². The van der Waals surface area contributed by atoms with Crippen LogP contribution in [-0.2, 0) is 24.5 Å². The molecule has 0 aromatic heterocycles. The first-order chi connectivity index (χ1) is 16.3. The van der Waals surface area contributed by atoms with Crippen molar-refractivity contribution in [1.82, 2.24) is 0 Å². The molecule has 188 valence electrons. The molecule has 0 heterocycles. The first-order valence-corrected chi connectivity index (χ1v) is 13.3. The van der Waals surface area contributed by atoms with Crippen molar-refractivity contribution < 1.29 is 24.2 Å². The molecule has 1 aliphatic carbocycles. The number of allylic oxidation sites excluding steroid dienone is 3. The summed E-state index contributed by atoms with van der Waals surface area (Å²) in [6.45, 7) is 6.06. The molecule has 0 radical (unpaired) electrons. The van der Waals surface area contributed by atoms with Gasteiger partial charge in [-0.2, -0.15) is 0 Å². The van der Waals surface area contributed by atoms with Crippen LogP contribution in [0.3, 0.4) is 0 Å².